The maximum atomic E-state index is 13.8. The highest BCUT2D eigenvalue weighted by molar-refractivity contribution is 5.91. The molecule has 3 atom stereocenters. The number of nitrogens with zero attached hydrogens (tertiary/aromatic N) is 2. The van der Waals surface area contributed by atoms with E-state index in [0.29, 0.717) is 17.6 Å². The van der Waals surface area contributed by atoms with Gasteiger partial charge >= 0.3 is 0 Å². The maximum absolute atomic E-state index is 13.8. The summed E-state index contributed by atoms with van der Waals surface area (Å²) in [5.74, 6) is 0.0175. The van der Waals surface area contributed by atoms with Crippen LogP contribution in [0.4, 0.5) is 14.6 Å². The number of hydrogen-bond acceptors (Lipinski definition) is 5. The van der Waals surface area contributed by atoms with Crippen LogP contribution in [0.1, 0.15) is 44.1 Å². The lowest BCUT2D eigenvalue weighted by molar-refractivity contribution is -0.121. The Kier molecular flexibility index (Phi) is 7.35. The Morgan fingerprint density at radius 3 is 2.62 bits per heavy atom. The standard InChI is InChI=1S/C26H27F2N3O3/c1-16(17-4-3-5-18(12-17)19-6-11-25(33-2)30-14-19)26(32)31-24-10-8-21(15-29-24)34-23-9-7-20(27)13-22(23)28/h6-11,13-18H,3-5,12H2,1-2H3,(H,29,31,32)/t16?,17?,18-/m1/s1. The van der Waals surface area contributed by atoms with E-state index in [9.17, 15) is 13.6 Å². The third-order valence-corrected chi connectivity index (χ3v) is 6.38. The zero-order valence-electron chi connectivity index (χ0n) is 19.1. The van der Waals surface area contributed by atoms with E-state index in [4.69, 9.17) is 9.47 Å². The number of hydrogen-bond donors (Lipinski definition) is 1. The van der Waals surface area contributed by atoms with Gasteiger partial charge in [-0.3, -0.25) is 4.79 Å². The molecule has 1 amide bonds. The Bertz CT molecular complexity index is 1120. The molecule has 2 unspecified atom stereocenters. The lowest BCUT2D eigenvalue weighted by Gasteiger charge is -2.32. The molecule has 34 heavy (non-hydrogen) atoms. The lowest BCUT2D eigenvalue weighted by atomic mass is 9.73. The number of rotatable bonds is 7. The molecular formula is C26H27F2N3O3. The zero-order chi connectivity index (χ0) is 24.1. The number of benzene rings is 1. The van der Waals surface area contributed by atoms with Gasteiger partial charge in [0.25, 0.3) is 0 Å². The summed E-state index contributed by atoms with van der Waals surface area (Å²) < 4.78 is 37.4. The third kappa shape index (κ3) is 5.68. The summed E-state index contributed by atoms with van der Waals surface area (Å²) in [5.41, 5.74) is 1.17. The molecule has 2 heterocycles. The normalized spacial score (nSPS) is 18.7. The zero-order valence-corrected chi connectivity index (χ0v) is 19.1. The van der Waals surface area contributed by atoms with Crippen LogP contribution in [0.3, 0.4) is 0 Å². The molecule has 1 aromatic carbocycles. The third-order valence-electron chi connectivity index (χ3n) is 6.38. The van der Waals surface area contributed by atoms with Gasteiger partial charge in [-0.05, 0) is 60.9 Å². The first-order chi connectivity index (χ1) is 16.4. The van der Waals surface area contributed by atoms with Crippen LogP contribution in [0.5, 0.6) is 17.4 Å². The van der Waals surface area contributed by atoms with Crippen molar-refractivity contribution in [2.45, 2.75) is 38.5 Å². The van der Waals surface area contributed by atoms with E-state index in [0.717, 1.165) is 37.8 Å². The Morgan fingerprint density at radius 2 is 1.94 bits per heavy atom. The first kappa shape index (κ1) is 23.6. The van der Waals surface area contributed by atoms with Crippen LogP contribution in [0.25, 0.3) is 0 Å². The minimum atomic E-state index is -0.803. The van der Waals surface area contributed by atoms with Crippen LogP contribution < -0.4 is 14.8 Å². The smallest absolute Gasteiger partial charge is 0.228 e. The monoisotopic (exact) mass is 467 g/mol. The quantitative estimate of drug-likeness (QED) is 0.454. The number of amides is 1. The van der Waals surface area contributed by atoms with Crippen LogP contribution in [0, 0.1) is 23.5 Å². The molecule has 4 rings (SSSR count). The van der Waals surface area contributed by atoms with E-state index >= 15 is 0 Å². The highest BCUT2D eigenvalue weighted by Crippen LogP contribution is 2.39. The maximum Gasteiger partial charge on any atom is 0.228 e. The fraction of sp³-hybridized carbons (Fsp3) is 0.346. The largest absolute Gasteiger partial charge is 0.481 e. The first-order valence-electron chi connectivity index (χ1n) is 11.3. The highest BCUT2D eigenvalue weighted by atomic mass is 19.1. The molecule has 6 nitrogen and oxygen atoms in total. The van der Waals surface area contributed by atoms with Crippen molar-refractivity contribution in [3.63, 3.8) is 0 Å². The van der Waals surface area contributed by atoms with Crippen LogP contribution >= 0.6 is 0 Å². The molecule has 1 aliphatic carbocycles. The van der Waals surface area contributed by atoms with Crippen molar-refractivity contribution in [2.75, 3.05) is 12.4 Å². The summed E-state index contributed by atoms with van der Waals surface area (Å²) in [5, 5.41) is 2.86. The van der Waals surface area contributed by atoms with E-state index in [-0.39, 0.29) is 29.2 Å². The molecule has 8 heteroatoms. The second-order valence-corrected chi connectivity index (χ2v) is 8.59. The van der Waals surface area contributed by atoms with Crippen LogP contribution in [0.2, 0.25) is 0 Å². The van der Waals surface area contributed by atoms with Crippen molar-refractivity contribution in [2.24, 2.45) is 11.8 Å². The summed E-state index contributed by atoms with van der Waals surface area (Å²) in [4.78, 5) is 21.4. The summed E-state index contributed by atoms with van der Waals surface area (Å²) in [6.07, 6.45) is 7.31. The van der Waals surface area contributed by atoms with Gasteiger partial charge < -0.3 is 14.8 Å². The number of anilines is 1. The molecule has 178 valence electrons. The van der Waals surface area contributed by atoms with E-state index in [2.05, 4.69) is 21.4 Å². The highest BCUT2D eigenvalue weighted by Gasteiger charge is 2.31. The van der Waals surface area contributed by atoms with E-state index in [1.807, 2.05) is 19.2 Å². The average molecular weight is 468 g/mol. The minimum absolute atomic E-state index is 0.0933. The van der Waals surface area contributed by atoms with Gasteiger partial charge in [0, 0.05) is 24.2 Å². The van der Waals surface area contributed by atoms with E-state index < -0.39 is 11.6 Å². The van der Waals surface area contributed by atoms with Gasteiger partial charge in [0.1, 0.15) is 17.4 Å². The van der Waals surface area contributed by atoms with Crippen molar-refractivity contribution < 1.29 is 23.0 Å². The summed E-state index contributed by atoms with van der Waals surface area (Å²) in [7, 11) is 1.60. The van der Waals surface area contributed by atoms with Crippen molar-refractivity contribution in [3.8, 4) is 17.4 Å². The number of methoxy groups -OCH3 is 1. The number of carbonyl (C=O) groups is 1. The molecule has 1 aliphatic rings. The Morgan fingerprint density at radius 1 is 1.09 bits per heavy atom. The number of carbonyl (C=O) groups excluding carboxylic acids is 1. The Hall–Kier alpha value is -3.55. The predicted octanol–water partition coefficient (Wildman–Crippen LogP) is 6.10. The van der Waals surface area contributed by atoms with Gasteiger partial charge in [0.05, 0.1) is 13.3 Å². The van der Waals surface area contributed by atoms with Gasteiger partial charge in [-0.2, -0.15) is 0 Å². The Balaban J connectivity index is 1.34. The molecule has 1 fully saturated rings. The summed E-state index contributed by atoms with van der Waals surface area (Å²) >= 11 is 0. The molecule has 0 radical (unpaired) electrons. The molecular weight excluding hydrogens is 440 g/mol. The molecule has 1 N–H and O–H groups in total. The SMILES string of the molecule is COc1ccc([C@@H]2CCCC(C(C)C(=O)Nc3ccc(Oc4ccc(F)cc4F)cn3)C2)cn1. The van der Waals surface area contributed by atoms with Gasteiger partial charge in [0.2, 0.25) is 11.8 Å². The van der Waals surface area contributed by atoms with E-state index in [1.165, 1.54) is 17.8 Å². The van der Waals surface area contributed by atoms with E-state index in [1.54, 1.807) is 19.2 Å². The van der Waals surface area contributed by atoms with Gasteiger partial charge in [-0.15, -0.1) is 0 Å². The van der Waals surface area contributed by atoms with Crippen molar-refractivity contribution in [1.82, 2.24) is 9.97 Å². The number of pyridine rings is 2. The molecule has 3 aromatic rings. The molecule has 2 aromatic heterocycles. The molecule has 0 aliphatic heterocycles. The van der Waals surface area contributed by atoms with Gasteiger partial charge in [-0.25, -0.2) is 18.7 Å². The summed E-state index contributed by atoms with van der Waals surface area (Å²) in [6, 6.07) is 10.2. The van der Waals surface area contributed by atoms with Crippen molar-refractivity contribution in [1.29, 1.82) is 0 Å². The fourth-order valence-corrected chi connectivity index (χ4v) is 4.39. The van der Waals surface area contributed by atoms with Crippen LogP contribution in [-0.2, 0) is 4.79 Å². The van der Waals surface area contributed by atoms with Gasteiger partial charge in [-0.1, -0.05) is 19.4 Å². The first-order valence-corrected chi connectivity index (χ1v) is 11.3. The molecule has 1 saturated carbocycles. The number of nitrogens with one attached hydrogen (secondary N) is 1. The topological polar surface area (TPSA) is 73.3 Å². The molecule has 0 bridgehead atoms. The second-order valence-electron chi connectivity index (χ2n) is 8.59. The van der Waals surface area contributed by atoms with Crippen molar-refractivity contribution >= 4 is 11.7 Å². The van der Waals surface area contributed by atoms with Crippen molar-refractivity contribution in [3.05, 3.63) is 72.1 Å². The number of halogens is 2. The number of ether oxygens (including phenoxy) is 2. The van der Waals surface area contributed by atoms with Crippen LogP contribution in [0.15, 0.2) is 54.9 Å². The molecule has 0 spiro atoms. The number of aromatic nitrogens is 2. The predicted molar refractivity (Wildman–Crippen MR) is 124 cm³/mol. The van der Waals surface area contributed by atoms with Crippen LogP contribution in [-0.4, -0.2) is 23.0 Å². The molecule has 0 saturated heterocycles. The Labute approximate surface area is 197 Å². The minimum Gasteiger partial charge on any atom is -0.481 e. The van der Waals surface area contributed by atoms with Gasteiger partial charge in [0.15, 0.2) is 11.6 Å². The second kappa shape index (κ2) is 10.6. The fourth-order valence-electron chi connectivity index (χ4n) is 4.39. The lowest BCUT2D eigenvalue weighted by Crippen LogP contribution is -2.30. The average Bonchev–Trinajstić information content (AvgIpc) is 2.86. The summed E-state index contributed by atoms with van der Waals surface area (Å²) in [6.45, 7) is 1.95.